The molecule has 36 heavy (non-hydrogen) atoms. The molecule has 0 aliphatic rings. The minimum absolute atomic E-state index is 0.112. The highest BCUT2D eigenvalue weighted by Crippen LogP contribution is 2.13. The second-order valence-corrected chi connectivity index (χ2v) is 9.23. The number of unbranched alkanes of at least 4 members (excludes halogenated alkanes) is 13. The highest BCUT2D eigenvalue weighted by Gasteiger charge is 2.01. The van der Waals surface area contributed by atoms with Crippen LogP contribution in [0.1, 0.15) is 110 Å². The summed E-state index contributed by atoms with van der Waals surface area (Å²) in [6, 6.07) is 0. The molecule has 0 aliphatic heterocycles. The summed E-state index contributed by atoms with van der Waals surface area (Å²) in [5.41, 5.74) is 0. The number of carboxylic acid groups (broad SMARTS) is 1. The maximum absolute atomic E-state index is 11.9. The number of carboxylic acids is 1. The van der Waals surface area contributed by atoms with Crippen molar-refractivity contribution in [1.29, 1.82) is 0 Å². The van der Waals surface area contributed by atoms with Crippen molar-refractivity contribution in [3.63, 3.8) is 0 Å². The lowest BCUT2D eigenvalue weighted by atomic mass is 10.0. The first kappa shape index (κ1) is 34.8. The van der Waals surface area contributed by atoms with Crippen LogP contribution in [0.25, 0.3) is 0 Å². The van der Waals surface area contributed by atoms with Gasteiger partial charge in [0.2, 0.25) is 5.91 Å². The molecule has 214 valence electrons. The molecule has 0 aliphatic carbocycles. The smallest absolute Gasteiger partial charge is 0.303 e. The van der Waals surface area contributed by atoms with E-state index in [9.17, 15) is 9.59 Å². The van der Waals surface area contributed by atoms with Gasteiger partial charge in [0, 0.05) is 26.0 Å². The third kappa shape index (κ3) is 30.8. The average molecular weight is 518 g/mol. The van der Waals surface area contributed by atoms with Gasteiger partial charge in [0.1, 0.15) is 0 Å². The third-order valence-corrected chi connectivity index (χ3v) is 5.93. The maximum atomic E-state index is 11.9. The Hall–Kier alpha value is -1.22. The van der Waals surface area contributed by atoms with Crippen molar-refractivity contribution >= 4 is 11.9 Å². The SMILES string of the molecule is CCOCCOCCOCCOCCNC(=O)CCCCCCCCCCCCCCCCC(=O)O. The summed E-state index contributed by atoms with van der Waals surface area (Å²) in [4.78, 5) is 22.3. The Labute approximate surface area is 220 Å². The molecule has 0 radical (unpaired) electrons. The quantitative estimate of drug-likeness (QED) is 0.121. The zero-order valence-electron chi connectivity index (χ0n) is 23.1. The topological polar surface area (TPSA) is 103 Å². The lowest BCUT2D eigenvalue weighted by Gasteiger charge is -2.08. The van der Waals surface area contributed by atoms with Crippen LogP contribution in [0.3, 0.4) is 0 Å². The zero-order valence-corrected chi connectivity index (χ0v) is 23.1. The molecule has 0 bridgehead atoms. The first-order chi connectivity index (χ1) is 17.7. The van der Waals surface area contributed by atoms with Crippen LogP contribution in [0, 0.1) is 0 Å². The molecule has 0 rings (SSSR count). The predicted molar refractivity (Wildman–Crippen MR) is 143 cm³/mol. The molecule has 0 aromatic heterocycles. The number of carbonyl (C=O) groups is 2. The van der Waals surface area contributed by atoms with E-state index in [0.717, 1.165) is 25.7 Å². The van der Waals surface area contributed by atoms with Gasteiger partial charge in [-0.15, -0.1) is 0 Å². The Morgan fingerprint density at radius 3 is 1.31 bits per heavy atom. The fraction of sp³-hybridized carbons (Fsp3) is 0.929. The Kier molecular flexibility index (Phi) is 29.0. The second kappa shape index (κ2) is 30.0. The molecule has 0 aromatic carbocycles. The van der Waals surface area contributed by atoms with Gasteiger partial charge in [0.25, 0.3) is 0 Å². The minimum Gasteiger partial charge on any atom is -0.481 e. The molecule has 0 aromatic rings. The zero-order chi connectivity index (χ0) is 26.4. The number of rotatable bonds is 30. The molecule has 0 atom stereocenters. The highest BCUT2D eigenvalue weighted by molar-refractivity contribution is 5.75. The Bertz CT molecular complexity index is 477. The van der Waals surface area contributed by atoms with Gasteiger partial charge in [0.05, 0.1) is 46.2 Å². The van der Waals surface area contributed by atoms with Crippen molar-refractivity contribution in [2.24, 2.45) is 0 Å². The number of hydrogen-bond acceptors (Lipinski definition) is 6. The normalized spacial score (nSPS) is 11.1. The Balaban J connectivity index is 3.15. The number of hydrogen-bond donors (Lipinski definition) is 2. The molecule has 0 unspecified atom stereocenters. The molecule has 0 saturated heterocycles. The van der Waals surface area contributed by atoms with Crippen LogP contribution in [0.15, 0.2) is 0 Å². The van der Waals surface area contributed by atoms with E-state index in [-0.39, 0.29) is 5.91 Å². The Morgan fingerprint density at radius 2 is 0.889 bits per heavy atom. The summed E-state index contributed by atoms with van der Waals surface area (Å²) < 4.78 is 21.4. The standard InChI is InChI=1S/C28H55NO7/c1-2-33-21-22-35-25-26-36-24-23-34-20-19-29-27(30)17-15-13-11-9-7-5-3-4-6-8-10-12-14-16-18-28(31)32/h2-26H2,1H3,(H,29,30)(H,31,32). The molecule has 0 saturated carbocycles. The largest absolute Gasteiger partial charge is 0.481 e. The summed E-state index contributed by atoms with van der Waals surface area (Å²) in [5, 5.41) is 11.5. The second-order valence-electron chi connectivity index (χ2n) is 9.23. The predicted octanol–water partition coefficient (Wildman–Crippen LogP) is 5.52. The monoisotopic (exact) mass is 517 g/mol. The van der Waals surface area contributed by atoms with Gasteiger partial charge in [-0.2, -0.15) is 0 Å². The summed E-state index contributed by atoms with van der Waals surface area (Å²) in [7, 11) is 0. The van der Waals surface area contributed by atoms with E-state index in [2.05, 4.69) is 5.32 Å². The fourth-order valence-electron chi connectivity index (χ4n) is 3.84. The summed E-state index contributed by atoms with van der Waals surface area (Å²) >= 11 is 0. The van der Waals surface area contributed by atoms with Crippen LogP contribution in [0.5, 0.6) is 0 Å². The Morgan fingerprint density at radius 1 is 0.528 bits per heavy atom. The van der Waals surface area contributed by atoms with Crippen molar-refractivity contribution in [2.45, 2.75) is 110 Å². The van der Waals surface area contributed by atoms with Gasteiger partial charge >= 0.3 is 5.97 Å². The van der Waals surface area contributed by atoms with Crippen LogP contribution in [-0.4, -0.2) is 76.4 Å². The van der Waals surface area contributed by atoms with Crippen molar-refractivity contribution in [3.05, 3.63) is 0 Å². The number of amides is 1. The molecule has 0 fully saturated rings. The van der Waals surface area contributed by atoms with Crippen LogP contribution in [0.2, 0.25) is 0 Å². The third-order valence-electron chi connectivity index (χ3n) is 5.93. The van der Waals surface area contributed by atoms with E-state index >= 15 is 0 Å². The molecule has 0 spiro atoms. The van der Waals surface area contributed by atoms with Gasteiger partial charge in [-0.25, -0.2) is 0 Å². The van der Waals surface area contributed by atoms with Gasteiger partial charge in [-0.3, -0.25) is 9.59 Å². The molecule has 8 nitrogen and oxygen atoms in total. The minimum atomic E-state index is -0.678. The summed E-state index contributed by atoms with van der Waals surface area (Å²) in [6.45, 7) is 7.09. The van der Waals surface area contributed by atoms with Crippen LogP contribution in [-0.2, 0) is 28.5 Å². The molecule has 2 N–H and O–H groups in total. The van der Waals surface area contributed by atoms with E-state index in [1.54, 1.807) is 0 Å². The summed E-state index contributed by atoms with van der Waals surface area (Å²) in [6.07, 6.45) is 17.6. The number of aliphatic carboxylic acids is 1. The molecule has 0 heterocycles. The maximum Gasteiger partial charge on any atom is 0.303 e. The highest BCUT2D eigenvalue weighted by atomic mass is 16.6. The van der Waals surface area contributed by atoms with Crippen LogP contribution >= 0.6 is 0 Å². The lowest BCUT2D eigenvalue weighted by molar-refractivity contribution is -0.137. The van der Waals surface area contributed by atoms with E-state index in [4.69, 9.17) is 24.1 Å². The van der Waals surface area contributed by atoms with Gasteiger partial charge < -0.3 is 29.4 Å². The first-order valence-corrected chi connectivity index (χ1v) is 14.5. The fourth-order valence-corrected chi connectivity index (χ4v) is 3.84. The number of nitrogens with one attached hydrogen (secondary N) is 1. The average Bonchev–Trinajstić information content (AvgIpc) is 2.86. The number of carbonyl (C=O) groups excluding carboxylic acids is 1. The van der Waals surface area contributed by atoms with Crippen molar-refractivity contribution in [1.82, 2.24) is 5.32 Å². The first-order valence-electron chi connectivity index (χ1n) is 14.5. The molecular weight excluding hydrogens is 462 g/mol. The van der Waals surface area contributed by atoms with Crippen molar-refractivity contribution in [2.75, 3.05) is 59.4 Å². The van der Waals surface area contributed by atoms with Gasteiger partial charge in [0.15, 0.2) is 0 Å². The number of ether oxygens (including phenoxy) is 4. The van der Waals surface area contributed by atoms with E-state index in [0.29, 0.717) is 72.2 Å². The van der Waals surface area contributed by atoms with Gasteiger partial charge in [-0.1, -0.05) is 77.0 Å². The van der Waals surface area contributed by atoms with E-state index < -0.39 is 5.97 Å². The molecule has 8 heteroatoms. The van der Waals surface area contributed by atoms with E-state index in [1.807, 2.05) is 6.92 Å². The summed E-state index contributed by atoms with van der Waals surface area (Å²) in [5.74, 6) is -0.566. The molecule has 1 amide bonds. The molecular formula is C28H55NO7. The van der Waals surface area contributed by atoms with Crippen molar-refractivity contribution in [3.8, 4) is 0 Å². The van der Waals surface area contributed by atoms with Gasteiger partial charge in [-0.05, 0) is 19.8 Å². The van der Waals surface area contributed by atoms with E-state index in [1.165, 1.54) is 64.2 Å². The van der Waals surface area contributed by atoms with Crippen molar-refractivity contribution < 1.29 is 33.6 Å². The van der Waals surface area contributed by atoms with Crippen LogP contribution < -0.4 is 5.32 Å². The van der Waals surface area contributed by atoms with Crippen LogP contribution in [0.4, 0.5) is 0 Å². The lowest BCUT2D eigenvalue weighted by Crippen LogP contribution is -2.27.